The number of nitrogens with zero attached hydrogens (tertiary/aromatic N) is 3. The van der Waals surface area contributed by atoms with Crippen LogP contribution in [-0.2, 0) is 21.7 Å². The van der Waals surface area contributed by atoms with Gasteiger partial charge in [-0.25, -0.2) is 4.98 Å². The molecule has 3 rings (SSSR count). The van der Waals surface area contributed by atoms with Crippen molar-refractivity contribution in [2.24, 2.45) is 0 Å². The molecule has 2 aromatic heterocycles. The molecule has 0 unspecified atom stereocenters. The molecule has 0 saturated heterocycles. The van der Waals surface area contributed by atoms with Crippen LogP contribution in [-0.4, -0.2) is 27.8 Å². The molecule has 0 fully saturated rings. The second-order valence-corrected chi connectivity index (χ2v) is 6.82. The van der Waals surface area contributed by atoms with Gasteiger partial charge in [0.25, 0.3) is 0 Å². The third kappa shape index (κ3) is 4.42. The van der Waals surface area contributed by atoms with E-state index in [2.05, 4.69) is 15.2 Å². The molecule has 0 bridgehead atoms. The van der Waals surface area contributed by atoms with E-state index in [1.807, 2.05) is 35.7 Å². The van der Waals surface area contributed by atoms with E-state index in [1.54, 1.807) is 6.92 Å². The molecular formula is C16H15N3O3S2. The third-order valence-electron chi connectivity index (χ3n) is 2.97. The van der Waals surface area contributed by atoms with Crippen molar-refractivity contribution in [3.8, 4) is 11.5 Å². The van der Waals surface area contributed by atoms with Crippen LogP contribution >= 0.6 is 23.1 Å². The highest BCUT2D eigenvalue weighted by Crippen LogP contribution is 2.27. The number of thioether (sulfide) groups is 1. The zero-order valence-corrected chi connectivity index (χ0v) is 14.6. The molecule has 0 aliphatic carbocycles. The van der Waals surface area contributed by atoms with Gasteiger partial charge in [0, 0.05) is 10.9 Å². The lowest BCUT2D eigenvalue weighted by molar-refractivity contribution is -0.142. The first kappa shape index (κ1) is 16.7. The summed E-state index contributed by atoms with van der Waals surface area (Å²) in [5, 5.41) is 9.97. The van der Waals surface area contributed by atoms with Crippen molar-refractivity contribution in [1.82, 2.24) is 15.2 Å². The minimum absolute atomic E-state index is 0.198. The number of thiazole rings is 1. The van der Waals surface area contributed by atoms with Crippen LogP contribution in [0.1, 0.15) is 18.5 Å². The molecule has 2 heterocycles. The lowest BCUT2D eigenvalue weighted by Gasteiger charge is -1.98. The molecule has 24 heavy (non-hydrogen) atoms. The van der Waals surface area contributed by atoms with E-state index < -0.39 is 0 Å². The van der Waals surface area contributed by atoms with Gasteiger partial charge in [-0.2, -0.15) is 0 Å². The normalized spacial score (nSPS) is 10.7. The fraction of sp³-hybridized carbons (Fsp3) is 0.250. The summed E-state index contributed by atoms with van der Waals surface area (Å²) in [4.78, 5) is 15.8. The van der Waals surface area contributed by atoms with Crippen molar-refractivity contribution in [2.45, 2.75) is 23.4 Å². The Kier molecular flexibility index (Phi) is 5.60. The first-order chi connectivity index (χ1) is 11.7. The molecule has 8 heteroatoms. The summed E-state index contributed by atoms with van der Waals surface area (Å²) in [6.45, 7) is 2.17. The van der Waals surface area contributed by atoms with Crippen molar-refractivity contribution >= 4 is 29.1 Å². The van der Waals surface area contributed by atoms with Crippen LogP contribution in [0.15, 0.2) is 44.5 Å². The number of carbonyl (C=O) groups is 1. The summed E-state index contributed by atoms with van der Waals surface area (Å²) >= 11 is 2.99. The Labute approximate surface area is 147 Å². The van der Waals surface area contributed by atoms with Gasteiger partial charge in [0.15, 0.2) is 4.34 Å². The van der Waals surface area contributed by atoms with E-state index in [0.717, 1.165) is 15.6 Å². The van der Waals surface area contributed by atoms with E-state index in [-0.39, 0.29) is 12.4 Å². The van der Waals surface area contributed by atoms with E-state index in [9.17, 15) is 4.79 Å². The number of hydrogen-bond donors (Lipinski definition) is 0. The van der Waals surface area contributed by atoms with Crippen molar-refractivity contribution in [3.63, 3.8) is 0 Å². The zero-order chi connectivity index (χ0) is 16.8. The van der Waals surface area contributed by atoms with Crippen LogP contribution in [0.3, 0.4) is 0 Å². The molecule has 0 aliphatic rings. The molecule has 0 atom stereocenters. The van der Waals surface area contributed by atoms with Crippen molar-refractivity contribution in [1.29, 1.82) is 0 Å². The maximum atomic E-state index is 11.4. The summed E-state index contributed by atoms with van der Waals surface area (Å²) in [6.07, 6.45) is 0.198. The van der Waals surface area contributed by atoms with E-state index >= 15 is 0 Å². The number of carbonyl (C=O) groups excluding carboxylic acids is 1. The van der Waals surface area contributed by atoms with Gasteiger partial charge >= 0.3 is 5.97 Å². The minimum Gasteiger partial charge on any atom is -0.466 e. The summed E-state index contributed by atoms with van der Waals surface area (Å²) in [7, 11) is 0. The lowest BCUT2D eigenvalue weighted by atomic mass is 10.2. The van der Waals surface area contributed by atoms with Gasteiger partial charge in [-0.05, 0) is 19.1 Å². The number of aromatic nitrogens is 3. The van der Waals surface area contributed by atoms with Crippen molar-refractivity contribution < 1.29 is 13.9 Å². The number of rotatable bonds is 7. The summed E-state index contributed by atoms with van der Waals surface area (Å²) in [5.74, 6) is 1.32. The molecule has 0 saturated carbocycles. The molecule has 0 radical (unpaired) electrons. The van der Waals surface area contributed by atoms with Crippen LogP contribution in [0.2, 0.25) is 0 Å². The maximum absolute atomic E-state index is 11.4. The van der Waals surface area contributed by atoms with Crippen LogP contribution in [0, 0.1) is 0 Å². The lowest BCUT2D eigenvalue weighted by Crippen LogP contribution is -2.07. The highest BCUT2D eigenvalue weighted by atomic mass is 32.2. The van der Waals surface area contributed by atoms with E-state index in [0.29, 0.717) is 24.1 Å². The van der Waals surface area contributed by atoms with Gasteiger partial charge < -0.3 is 9.15 Å². The molecule has 3 aromatic rings. The Balaban J connectivity index is 1.56. The van der Waals surface area contributed by atoms with Gasteiger partial charge in [0.2, 0.25) is 11.8 Å². The Morgan fingerprint density at radius 3 is 2.92 bits per heavy atom. The topological polar surface area (TPSA) is 78.1 Å². The van der Waals surface area contributed by atoms with Crippen molar-refractivity contribution in [3.05, 3.63) is 47.3 Å². The second kappa shape index (κ2) is 8.07. The molecule has 124 valence electrons. The van der Waals surface area contributed by atoms with Crippen LogP contribution < -0.4 is 0 Å². The average Bonchev–Trinajstić information content (AvgIpc) is 3.23. The number of ether oxygens (including phenoxy) is 1. The first-order valence-corrected chi connectivity index (χ1v) is 9.21. The van der Waals surface area contributed by atoms with Crippen LogP contribution in [0.25, 0.3) is 11.5 Å². The standard InChI is InChI=1S/C16H15N3O3S2/c1-2-21-14(20)8-12-9-23-16(17-12)24-10-13-18-19-15(22-13)11-6-4-3-5-7-11/h3-7,9H,2,8,10H2,1H3. The fourth-order valence-corrected chi connectivity index (χ4v) is 3.61. The number of hydrogen-bond acceptors (Lipinski definition) is 8. The number of esters is 1. The minimum atomic E-state index is -0.260. The van der Waals surface area contributed by atoms with Gasteiger partial charge in [-0.15, -0.1) is 21.5 Å². The predicted molar refractivity (Wildman–Crippen MR) is 91.7 cm³/mol. The zero-order valence-electron chi connectivity index (χ0n) is 13.0. The summed E-state index contributed by atoms with van der Waals surface area (Å²) in [5.41, 5.74) is 1.61. The van der Waals surface area contributed by atoms with Gasteiger partial charge in [0.1, 0.15) is 0 Å². The third-order valence-corrected chi connectivity index (χ3v) is 5.02. The average molecular weight is 361 g/mol. The Bertz CT molecular complexity index is 802. The summed E-state index contributed by atoms with van der Waals surface area (Å²) < 4.78 is 11.4. The quantitative estimate of drug-likeness (QED) is 0.470. The largest absolute Gasteiger partial charge is 0.466 e. The second-order valence-electron chi connectivity index (χ2n) is 4.74. The highest BCUT2D eigenvalue weighted by Gasteiger charge is 2.12. The van der Waals surface area contributed by atoms with Gasteiger partial charge in [0.05, 0.1) is 24.5 Å². The van der Waals surface area contributed by atoms with E-state index in [4.69, 9.17) is 9.15 Å². The van der Waals surface area contributed by atoms with E-state index in [1.165, 1.54) is 23.1 Å². The highest BCUT2D eigenvalue weighted by molar-refractivity contribution is 8.00. The molecule has 0 aliphatic heterocycles. The molecule has 1 aromatic carbocycles. The Hall–Kier alpha value is -2.19. The maximum Gasteiger partial charge on any atom is 0.311 e. The Morgan fingerprint density at radius 2 is 2.12 bits per heavy atom. The molecule has 6 nitrogen and oxygen atoms in total. The van der Waals surface area contributed by atoms with Crippen LogP contribution in [0.4, 0.5) is 0 Å². The monoisotopic (exact) mass is 361 g/mol. The smallest absolute Gasteiger partial charge is 0.311 e. The predicted octanol–water partition coefficient (Wildman–Crippen LogP) is 3.59. The Morgan fingerprint density at radius 1 is 1.29 bits per heavy atom. The first-order valence-electron chi connectivity index (χ1n) is 7.35. The summed E-state index contributed by atoms with van der Waals surface area (Å²) in [6, 6.07) is 9.63. The molecular weight excluding hydrogens is 346 g/mol. The fourth-order valence-electron chi connectivity index (χ4n) is 1.93. The molecule has 0 amide bonds. The van der Waals surface area contributed by atoms with Gasteiger partial charge in [-0.1, -0.05) is 30.0 Å². The molecule has 0 N–H and O–H groups in total. The molecule has 0 spiro atoms. The van der Waals surface area contributed by atoms with Gasteiger partial charge in [-0.3, -0.25) is 4.79 Å². The number of benzene rings is 1. The van der Waals surface area contributed by atoms with Crippen LogP contribution in [0.5, 0.6) is 0 Å². The van der Waals surface area contributed by atoms with Crippen molar-refractivity contribution in [2.75, 3.05) is 6.61 Å². The SMILES string of the molecule is CCOC(=O)Cc1csc(SCc2nnc(-c3ccccc3)o2)n1.